The molecular weight excluding hydrogens is 807 g/mol. The lowest BCUT2D eigenvalue weighted by Gasteiger charge is -2.42. The molecular formula is C50H79NO12. The van der Waals surface area contributed by atoms with Crippen LogP contribution in [0.2, 0.25) is 0 Å². The van der Waals surface area contributed by atoms with Gasteiger partial charge in [0.15, 0.2) is 0 Å². The molecule has 3 heterocycles. The lowest BCUT2D eigenvalue weighted by Crippen LogP contribution is -2.61. The van der Waals surface area contributed by atoms with E-state index in [1.54, 1.807) is 41.1 Å². The van der Waals surface area contributed by atoms with Crippen LogP contribution in [0.3, 0.4) is 0 Å². The van der Waals surface area contributed by atoms with E-state index in [-0.39, 0.29) is 61.4 Å². The molecule has 0 unspecified atom stereocenters. The second-order valence-electron chi connectivity index (χ2n) is 19.5. The third-order valence-corrected chi connectivity index (χ3v) is 14.4. The Kier molecular flexibility index (Phi) is 20.4. The molecule has 13 heteroatoms. The van der Waals surface area contributed by atoms with E-state index in [4.69, 9.17) is 18.9 Å². The van der Waals surface area contributed by atoms with Crippen LogP contribution in [0.15, 0.2) is 47.6 Å². The second-order valence-corrected chi connectivity index (χ2v) is 19.5. The fourth-order valence-electron chi connectivity index (χ4n) is 9.93. The van der Waals surface area contributed by atoms with Gasteiger partial charge >= 0.3 is 5.97 Å². The number of carbonyl (C=O) groups excluding carboxylic acids is 4. The van der Waals surface area contributed by atoms with Crippen molar-refractivity contribution >= 4 is 23.4 Å². The molecule has 3 aliphatic heterocycles. The highest BCUT2D eigenvalue weighted by atomic mass is 16.6. The molecule has 0 aromatic carbocycles. The van der Waals surface area contributed by atoms with E-state index < -0.39 is 77.9 Å². The fraction of sp³-hybridized carbons (Fsp3) is 0.760. The van der Waals surface area contributed by atoms with Gasteiger partial charge in [-0.2, -0.15) is 0 Å². The largest absolute Gasteiger partial charge is 0.460 e. The number of ketones is 2. The van der Waals surface area contributed by atoms with Crippen molar-refractivity contribution in [3.05, 3.63) is 47.6 Å². The number of ether oxygens (including phenoxy) is 4. The van der Waals surface area contributed by atoms with Crippen molar-refractivity contribution in [2.75, 3.05) is 20.8 Å². The maximum Gasteiger partial charge on any atom is 0.329 e. The molecule has 2 bridgehead atoms. The van der Waals surface area contributed by atoms with Crippen LogP contribution in [0.25, 0.3) is 0 Å². The Morgan fingerprint density at radius 1 is 0.841 bits per heavy atom. The Hall–Kier alpha value is -3.04. The third kappa shape index (κ3) is 14.5. The molecule has 0 aromatic rings. The molecule has 2 saturated heterocycles. The van der Waals surface area contributed by atoms with Crippen LogP contribution in [-0.4, -0.2) is 124 Å². The normalized spacial score (nSPS) is 41.3. The van der Waals surface area contributed by atoms with Crippen molar-refractivity contribution in [1.82, 2.24) is 4.90 Å². The number of hydrogen-bond donors (Lipinski definition) is 4. The first kappa shape index (κ1) is 52.6. The van der Waals surface area contributed by atoms with Crippen LogP contribution in [0.1, 0.15) is 132 Å². The van der Waals surface area contributed by atoms with E-state index in [0.717, 1.165) is 12.0 Å². The van der Waals surface area contributed by atoms with Gasteiger partial charge in [-0.25, -0.2) is 4.79 Å². The van der Waals surface area contributed by atoms with Gasteiger partial charge in [-0.05, 0) is 113 Å². The number of Topliss-reactive ketones (excluding diaryl/α,β-unsaturated/α-hetero) is 2. The van der Waals surface area contributed by atoms with E-state index in [2.05, 4.69) is 13.0 Å². The number of amides is 1. The Labute approximate surface area is 376 Å². The quantitative estimate of drug-likeness (QED) is 0.136. The molecule has 1 saturated carbocycles. The molecule has 13 nitrogen and oxygen atoms in total. The summed E-state index contributed by atoms with van der Waals surface area (Å²) < 4.78 is 23.8. The molecule has 4 rings (SSSR count). The molecule has 15 atom stereocenters. The first-order valence-electron chi connectivity index (χ1n) is 23.6. The smallest absolute Gasteiger partial charge is 0.329 e. The van der Waals surface area contributed by atoms with E-state index >= 15 is 0 Å². The first-order valence-corrected chi connectivity index (χ1v) is 23.6. The highest BCUT2D eigenvalue weighted by molar-refractivity contribution is 6.39. The van der Waals surface area contributed by atoms with Gasteiger partial charge in [-0.15, -0.1) is 0 Å². The summed E-state index contributed by atoms with van der Waals surface area (Å²) in [4.78, 5) is 57.9. The number of piperidine rings is 1. The number of nitrogens with zero attached hydrogens (tertiary/aromatic N) is 1. The maximum absolute atomic E-state index is 14.3. The predicted molar refractivity (Wildman–Crippen MR) is 240 cm³/mol. The number of esters is 1. The zero-order valence-electron chi connectivity index (χ0n) is 39.4. The highest BCUT2D eigenvalue weighted by Crippen LogP contribution is 2.38. The maximum atomic E-state index is 14.3. The van der Waals surface area contributed by atoms with Crippen molar-refractivity contribution < 1.29 is 58.6 Å². The third-order valence-electron chi connectivity index (χ3n) is 14.4. The van der Waals surface area contributed by atoms with E-state index in [1.165, 1.54) is 4.90 Å². The fourth-order valence-corrected chi connectivity index (χ4v) is 9.93. The molecule has 0 aromatic heterocycles. The Bertz CT molecular complexity index is 1660. The van der Waals surface area contributed by atoms with Gasteiger partial charge in [0.25, 0.3) is 11.7 Å². The van der Waals surface area contributed by atoms with Crippen LogP contribution in [0.4, 0.5) is 0 Å². The van der Waals surface area contributed by atoms with Gasteiger partial charge in [-0.3, -0.25) is 14.4 Å². The van der Waals surface area contributed by atoms with Crippen LogP contribution in [-0.2, 0) is 38.1 Å². The van der Waals surface area contributed by atoms with Gasteiger partial charge < -0.3 is 44.3 Å². The molecule has 63 heavy (non-hydrogen) atoms. The number of aliphatic hydroxyl groups is 4. The summed E-state index contributed by atoms with van der Waals surface area (Å²) in [5.41, 5.74) is 1.46. The summed E-state index contributed by atoms with van der Waals surface area (Å²) in [6.45, 7) is 13.2. The SMILES string of the molecule is CO[C@H]1C[C@@H]2CC[C@@H](C)[C@@](O)(O2)C(=O)C(=O)N2CCCC[C@H]2C(=O)O[C@H]([C@H](C)C[C@@H]2CC[C@@H](O)[C@H](OC)C2)CC(=O)[C@H](C)/C=C(\C)[C@@H](O)C[C@@H](O)[C@H](C)C[C@H](C)/C=C/C=C/C=C/1C. The number of cyclic esters (lactones) is 1. The zero-order chi connectivity index (χ0) is 46.6. The van der Waals surface area contributed by atoms with E-state index in [9.17, 15) is 39.6 Å². The lowest BCUT2D eigenvalue weighted by atomic mass is 9.78. The first-order chi connectivity index (χ1) is 29.8. The average Bonchev–Trinajstić information content (AvgIpc) is 3.25. The predicted octanol–water partition coefficient (Wildman–Crippen LogP) is 6.35. The standard InChI is InChI=1S/C50H79NO12/c1-30-15-11-10-12-16-31(2)44(60-8)27-38-20-18-36(7)50(59,63-38)47(56)48(57)51-22-14-13-17-39(51)49(58)62-45(35(6)25-37-19-21-40(52)46(26-37)61-9)29-43(55)34(5)24-33(4)42(54)28-41(53)32(3)23-30/h10-12,15-16,24,30,32,34-42,44-46,52-54,59H,13-14,17-23,25-29H2,1-9H3/b12-10+,15-11+,31-16+,33-24+/t30-,32-,34-,35-,36-,37+,38+,39+,40-,41-,42+,44+,45+,46-,50-/m1/s1. The Morgan fingerprint density at radius 2 is 1.57 bits per heavy atom. The van der Waals surface area contributed by atoms with Crippen molar-refractivity contribution in [1.29, 1.82) is 0 Å². The minimum atomic E-state index is -2.41. The Morgan fingerprint density at radius 3 is 2.27 bits per heavy atom. The van der Waals surface area contributed by atoms with Crippen LogP contribution in [0, 0.1) is 35.5 Å². The summed E-state index contributed by atoms with van der Waals surface area (Å²) in [5, 5.41) is 44.6. The van der Waals surface area contributed by atoms with Gasteiger partial charge in [-0.1, -0.05) is 71.1 Å². The summed E-state index contributed by atoms with van der Waals surface area (Å²) in [6, 6.07) is -1.11. The van der Waals surface area contributed by atoms with Gasteiger partial charge in [0.1, 0.15) is 17.9 Å². The van der Waals surface area contributed by atoms with E-state index in [0.29, 0.717) is 63.4 Å². The van der Waals surface area contributed by atoms with Gasteiger partial charge in [0.05, 0.1) is 36.6 Å². The summed E-state index contributed by atoms with van der Waals surface area (Å²) in [7, 11) is 3.16. The zero-order valence-corrected chi connectivity index (χ0v) is 39.4. The number of fused-ring (bicyclic) bond motifs is 3. The van der Waals surface area contributed by atoms with Crippen LogP contribution < -0.4 is 0 Å². The molecule has 0 spiro atoms. The van der Waals surface area contributed by atoms with Crippen LogP contribution >= 0.6 is 0 Å². The Balaban J connectivity index is 1.67. The lowest BCUT2D eigenvalue weighted by molar-refractivity contribution is -0.265. The number of carbonyl (C=O) groups is 4. The summed E-state index contributed by atoms with van der Waals surface area (Å²) in [5.74, 6) is -6.93. The molecule has 4 N–H and O–H groups in total. The minimum Gasteiger partial charge on any atom is -0.460 e. The van der Waals surface area contributed by atoms with Crippen molar-refractivity contribution in [2.45, 2.75) is 186 Å². The van der Waals surface area contributed by atoms with Crippen molar-refractivity contribution in [3.63, 3.8) is 0 Å². The van der Waals surface area contributed by atoms with Crippen molar-refractivity contribution in [3.8, 4) is 0 Å². The number of allylic oxidation sites excluding steroid dienone is 6. The number of rotatable bonds is 5. The molecule has 1 aliphatic carbocycles. The average molecular weight is 886 g/mol. The number of hydrogen-bond acceptors (Lipinski definition) is 12. The second kappa shape index (κ2) is 24.5. The highest BCUT2D eigenvalue weighted by Gasteiger charge is 2.53. The monoisotopic (exact) mass is 886 g/mol. The molecule has 1 amide bonds. The topological polar surface area (TPSA) is 189 Å². The van der Waals surface area contributed by atoms with Crippen LogP contribution in [0.5, 0.6) is 0 Å². The van der Waals surface area contributed by atoms with Crippen molar-refractivity contribution in [2.24, 2.45) is 35.5 Å². The summed E-state index contributed by atoms with van der Waals surface area (Å²) >= 11 is 0. The minimum absolute atomic E-state index is 0.104. The number of methoxy groups -OCH3 is 2. The molecule has 4 aliphatic rings. The molecule has 356 valence electrons. The van der Waals surface area contributed by atoms with Gasteiger partial charge in [0.2, 0.25) is 5.79 Å². The molecule has 3 fully saturated rings. The summed E-state index contributed by atoms with van der Waals surface area (Å²) in [6.07, 6.45) is 12.9. The van der Waals surface area contributed by atoms with Gasteiger partial charge in [0, 0.05) is 51.9 Å². The molecule has 0 radical (unpaired) electrons. The van der Waals surface area contributed by atoms with E-state index in [1.807, 2.05) is 45.1 Å². The number of aliphatic hydroxyl groups excluding tert-OH is 3.